The highest BCUT2D eigenvalue weighted by Crippen LogP contribution is 2.39. The first-order valence-corrected chi connectivity index (χ1v) is 10.2. The normalized spacial score (nSPS) is 25.1. The minimum Gasteiger partial charge on any atom is -0.337 e. The Hall–Kier alpha value is -2.63. The molecule has 1 aromatic carbocycles. The van der Waals surface area contributed by atoms with Gasteiger partial charge in [0.05, 0.1) is 12.1 Å². The Morgan fingerprint density at radius 3 is 2.50 bits per heavy atom. The van der Waals surface area contributed by atoms with E-state index in [1.54, 1.807) is 30.9 Å². The number of nitrogens with zero attached hydrogens (tertiary/aromatic N) is 4. The summed E-state index contributed by atoms with van der Waals surface area (Å²) in [5, 5.41) is 4.17. The molecule has 6 heteroatoms. The number of hydrogen-bond donors (Lipinski definition) is 0. The van der Waals surface area contributed by atoms with Crippen molar-refractivity contribution in [2.75, 3.05) is 13.1 Å². The third kappa shape index (κ3) is 3.32. The first kappa shape index (κ1) is 18.7. The molecule has 2 fully saturated rings. The number of aryl methyl sites for hydroxylation is 1. The summed E-state index contributed by atoms with van der Waals surface area (Å²) in [5.41, 5.74) is 1.80. The fourth-order valence-corrected chi connectivity index (χ4v) is 4.96. The maximum absolute atomic E-state index is 13.4. The highest BCUT2D eigenvalue weighted by molar-refractivity contribution is 5.93. The Bertz CT molecular complexity index is 847. The van der Waals surface area contributed by atoms with Gasteiger partial charge >= 0.3 is 0 Å². The molecule has 0 aliphatic carbocycles. The molecule has 2 aliphatic rings. The smallest absolute Gasteiger partial charge is 0.272 e. The van der Waals surface area contributed by atoms with Crippen molar-refractivity contribution in [2.24, 2.45) is 7.05 Å². The predicted octanol–water partition coefficient (Wildman–Crippen LogP) is 2.82. The lowest BCUT2D eigenvalue weighted by atomic mass is 9.87. The molecule has 3 atom stereocenters. The van der Waals surface area contributed by atoms with E-state index in [0.29, 0.717) is 12.2 Å². The highest BCUT2D eigenvalue weighted by atomic mass is 16.2. The maximum Gasteiger partial charge on any atom is 0.272 e. The van der Waals surface area contributed by atoms with E-state index in [-0.39, 0.29) is 29.8 Å². The average molecular weight is 380 g/mol. The van der Waals surface area contributed by atoms with Crippen LogP contribution in [0.1, 0.15) is 54.6 Å². The topological polar surface area (TPSA) is 58.4 Å². The molecule has 2 aromatic rings. The zero-order valence-electron chi connectivity index (χ0n) is 16.6. The number of amides is 2. The van der Waals surface area contributed by atoms with Crippen LogP contribution in [0, 0.1) is 0 Å². The maximum atomic E-state index is 13.4. The van der Waals surface area contributed by atoms with E-state index in [1.165, 1.54) is 5.56 Å². The molecular formula is C22H28N4O2. The van der Waals surface area contributed by atoms with Gasteiger partial charge in [-0.25, -0.2) is 0 Å². The number of hydrogen-bond acceptors (Lipinski definition) is 3. The molecule has 0 N–H and O–H groups in total. The first-order chi connectivity index (χ1) is 13.6. The van der Waals surface area contributed by atoms with E-state index in [4.69, 9.17) is 0 Å². The lowest BCUT2D eigenvalue weighted by Gasteiger charge is -2.38. The predicted molar refractivity (Wildman–Crippen MR) is 107 cm³/mol. The van der Waals surface area contributed by atoms with Gasteiger partial charge < -0.3 is 9.80 Å². The van der Waals surface area contributed by atoms with Crippen LogP contribution in [0.3, 0.4) is 0 Å². The molecule has 28 heavy (non-hydrogen) atoms. The fraction of sp³-hybridized carbons (Fsp3) is 0.500. The molecule has 2 amide bonds. The Kier molecular flexibility index (Phi) is 5.20. The molecule has 0 saturated carbocycles. The zero-order chi connectivity index (χ0) is 19.7. The minimum atomic E-state index is 0.0116. The van der Waals surface area contributed by atoms with Crippen molar-refractivity contribution in [2.45, 2.75) is 50.6 Å². The van der Waals surface area contributed by atoms with E-state index in [9.17, 15) is 9.59 Å². The van der Waals surface area contributed by atoms with Crippen molar-refractivity contribution >= 4 is 11.8 Å². The van der Waals surface area contributed by atoms with E-state index in [0.717, 1.165) is 32.2 Å². The lowest BCUT2D eigenvalue weighted by molar-refractivity contribution is -0.132. The Morgan fingerprint density at radius 1 is 1.04 bits per heavy atom. The summed E-state index contributed by atoms with van der Waals surface area (Å²) in [6.45, 7) is 3.06. The van der Waals surface area contributed by atoms with Gasteiger partial charge in [-0.1, -0.05) is 43.2 Å². The van der Waals surface area contributed by atoms with Crippen LogP contribution in [0.2, 0.25) is 0 Å². The quantitative estimate of drug-likeness (QED) is 0.805. The van der Waals surface area contributed by atoms with Gasteiger partial charge in [0.25, 0.3) is 5.91 Å². The second-order valence-corrected chi connectivity index (χ2v) is 7.93. The third-order valence-electron chi connectivity index (χ3n) is 6.29. The van der Waals surface area contributed by atoms with Crippen molar-refractivity contribution in [3.05, 3.63) is 53.9 Å². The summed E-state index contributed by atoms with van der Waals surface area (Å²) in [5.74, 6) is 0.246. The zero-order valence-corrected chi connectivity index (χ0v) is 16.6. The first-order valence-electron chi connectivity index (χ1n) is 10.2. The molecular weight excluding hydrogens is 352 g/mol. The Balaban J connectivity index is 1.75. The summed E-state index contributed by atoms with van der Waals surface area (Å²) in [6, 6.07) is 12.2. The van der Waals surface area contributed by atoms with E-state index >= 15 is 0 Å². The molecule has 6 nitrogen and oxygen atoms in total. The Morgan fingerprint density at radius 2 is 1.82 bits per heavy atom. The SMILES string of the molecule is CC(=O)N1CCCCC[C@@H]2[C@@H]1[C@H](c1ccccc1)CN2C(=O)c1ccnn1C. The molecule has 0 radical (unpaired) electrons. The number of aromatic nitrogens is 2. The van der Waals surface area contributed by atoms with Crippen molar-refractivity contribution in [3.8, 4) is 0 Å². The number of rotatable bonds is 2. The van der Waals surface area contributed by atoms with Crippen molar-refractivity contribution < 1.29 is 9.59 Å². The second kappa shape index (κ2) is 7.78. The summed E-state index contributed by atoms with van der Waals surface area (Å²) < 4.78 is 1.64. The van der Waals surface area contributed by atoms with Crippen LogP contribution in [-0.4, -0.2) is 56.6 Å². The Labute approximate surface area is 166 Å². The number of carbonyl (C=O) groups is 2. The molecule has 2 aliphatic heterocycles. The summed E-state index contributed by atoms with van der Waals surface area (Å²) in [4.78, 5) is 30.0. The fourth-order valence-electron chi connectivity index (χ4n) is 4.96. The van der Waals surface area contributed by atoms with Crippen LogP contribution >= 0.6 is 0 Å². The molecule has 2 saturated heterocycles. The highest BCUT2D eigenvalue weighted by Gasteiger charge is 2.48. The van der Waals surface area contributed by atoms with E-state index < -0.39 is 0 Å². The molecule has 3 heterocycles. The van der Waals surface area contributed by atoms with Gasteiger partial charge in [0.2, 0.25) is 5.91 Å². The molecule has 148 valence electrons. The molecule has 0 spiro atoms. The molecule has 0 unspecified atom stereocenters. The van der Waals surface area contributed by atoms with E-state index in [1.807, 2.05) is 28.0 Å². The van der Waals surface area contributed by atoms with E-state index in [2.05, 4.69) is 17.2 Å². The van der Waals surface area contributed by atoms with Crippen molar-refractivity contribution in [1.29, 1.82) is 0 Å². The van der Waals surface area contributed by atoms with Crippen LogP contribution in [0.25, 0.3) is 0 Å². The largest absolute Gasteiger partial charge is 0.337 e. The summed E-state index contributed by atoms with van der Waals surface area (Å²) in [7, 11) is 1.80. The van der Waals surface area contributed by atoms with Crippen LogP contribution in [0.5, 0.6) is 0 Å². The summed E-state index contributed by atoms with van der Waals surface area (Å²) in [6.07, 6.45) is 5.80. The molecule has 0 bridgehead atoms. The number of fused-ring (bicyclic) bond motifs is 1. The van der Waals surface area contributed by atoms with Crippen LogP contribution in [0.4, 0.5) is 0 Å². The van der Waals surface area contributed by atoms with Crippen LogP contribution < -0.4 is 0 Å². The average Bonchev–Trinajstić information content (AvgIpc) is 3.25. The summed E-state index contributed by atoms with van der Waals surface area (Å²) >= 11 is 0. The number of likely N-dealkylation sites (tertiary alicyclic amines) is 2. The van der Waals surface area contributed by atoms with Gasteiger partial charge in [-0.05, 0) is 24.5 Å². The molecule has 1 aromatic heterocycles. The van der Waals surface area contributed by atoms with Crippen LogP contribution in [-0.2, 0) is 11.8 Å². The van der Waals surface area contributed by atoms with Crippen LogP contribution in [0.15, 0.2) is 42.6 Å². The lowest BCUT2D eigenvalue weighted by Crippen LogP contribution is -2.51. The van der Waals surface area contributed by atoms with Crippen molar-refractivity contribution in [1.82, 2.24) is 19.6 Å². The third-order valence-corrected chi connectivity index (χ3v) is 6.29. The van der Waals surface area contributed by atoms with Crippen molar-refractivity contribution in [3.63, 3.8) is 0 Å². The second-order valence-electron chi connectivity index (χ2n) is 7.93. The molecule has 4 rings (SSSR count). The monoisotopic (exact) mass is 380 g/mol. The van der Waals surface area contributed by atoms with Gasteiger partial charge in [-0.2, -0.15) is 5.10 Å². The minimum absolute atomic E-state index is 0.0116. The standard InChI is InChI=1S/C22H28N4O2/c1-16(27)25-14-8-4-7-11-19-21(25)18(17-9-5-3-6-10-17)15-26(19)22(28)20-12-13-23-24(20)2/h3,5-6,9-10,12-13,18-19,21H,4,7-8,11,14-15H2,1-2H3/t18-,19+,21-/m0/s1. The van der Waals surface area contributed by atoms with Gasteiger partial charge in [0.1, 0.15) is 5.69 Å². The van der Waals surface area contributed by atoms with Gasteiger partial charge in [0, 0.05) is 39.2 Å². The number of carbonyl (C=O) groups excluding carboxylic acids is 2. The van der Waals surface area contributed by atoms with Gasteiger partial charge in [-0.3, -0.25) is 14.3 Å². The van der Waals surface area contributed by atoms with Gasteiger partial charge in [0.15, 0.2) is 0 Å². The number of benzene rings is 1. The van der Waals surface area contributed by atoms with Gasteiger partial charge in [-0.15, -0.1) is 0 Å².